The van der Waals surface area contributed by atoms with Crippen LogP contribution in [-0.2, 0) is 29.4 Å². The average molecular weight is 542 g/mol. The quantitative estimate of drug-likeness (QED) is 0.300. The van der Waals surface area contributed by atoms with Gasteiger partial charge in [0.1, 0.15) is 5.01 Å². The van der Waals surface area contributed by atoms with Crippen LogP contribution in [0.2, 0.25) is 0 Å². The lowest BCUT2D eigenvalue weighted by Crippen LogP contribution is -2.42. The number of halogens is 1. The molecule has 1 heterocycles. The Morgan fingerprint density at radius 3 is 2.68 bits per heavy atom. The number of nitrogens with zero attached hydrogens (tertiary/aromatic N) is 3. The monoisotopic (exact) mass is 541 g/mol. The highest BCUT2D eigenvalue weighted by Crippen LogP contribution is 2.27. The molecule has 2 N–H and O–H groups in total. The van der Waals surface area contributed by atoms with Gasteiger partial charge in [-0.05, 0) is 44.4 Å². The van der Waals surface area contributed by atoms with Crippen molar-refractivity contribution in [3.8, 4) is 0 Å². The summed E-state index contributed by atoms with van der Waals surface area (Å²) < 4.78 is 26.9. The molecule has 1 aromatic heterocycles. The Morgan fingerprint density at radius 2 is 2.04 bits per heavy atom. The van der Waals surface area contributed by atoms with Crippen LogP contribution in [0, 0.1) is 5.92 Å². The number of aromatic nitrogens is 1. The fourth-order valence-electron chi connectivity index (χ4n) is 3.45. The van der Waals surface area contributed by atoms with Gasteiger partial charge >= 0.3 is 0 Å². The van der Waals surface area contributed by atoms with Crippen LogP contribution < -0.4 is 10.0 Å². The van der Waals surface area contributed by atoms with E-state index in [9.17, 15) is 8.42 Å². The van der Waals surface area contributed by atoms with E-state index >= 15 is 0 Å². The van der Waals surface area contributed by atoms with Crippen molar-refractivity contribution in [3.05, 3.63) is 15.6 Å². The predicted molar refractivity (Wildman–Crippen MR) is 126 cm³/mol. The third-order valence-electron chi connectivity index (χ3n) is 5.31. The van der Waals surface area contributed by atoms with Crippen LogP contribution in [0.3, 0.4) is 0 Å². The largest absolute Gasteiger partial charge is 0.355 e. The molecule has 2 aliphatic rings. The van der Waals surface area contributed by atoms with Crippen molar-refractivity contribution in [2.75, 3.05) is 32.9 Å². The Kier molecular flexibility index (Phi) is 9.42. The van der Waals surface area contributed by atoms with E-state index in [2.05, 4.69) is 15.0 Å². The van der Waals surface area contributed by atoms with E-state index in [-0.39, 0.29) is 29.7 Å². The van der Waals surface area contributed by atoms with Crippen LogP contribution in [0.4, 0.5) is 0 Å². The number of thiazole rings is 1. The summed E-state index contributed by atoms with van der Waals surface area (Å²) in [6, 6.07) is 0. The molecule has 10 heteroatoms. The zero-order valence-corrected chi connectivity index (χ0v) is 20.7. The molecule has 0 aromatic carbocycles. The topological polar surface area (TPSA) is 86.7 Å². The molecule has 0 amide bonds. The molecule has 7 nitrogen and oxygen atoms in total. The summed E-state index contributed by atoms with van der Waals surface area (Å²) in [5.41, 5.74) is 1.27. The van der Waals surface area contributed by atoms with Crippen molar-refractivity contribution in [1.82, 2.24) is 19.9 Å². The fraction of sp³-hybridized carbons (Fsp3) is 0.778. The van der Waals surface area contributed by atoms with E-state index in [0.29, 0.717) is 31.5 Å². The second-order valence-corrected chi connectivity index (χ2v) is 10.6. The Labute approximate surface area is 189 Å². The first-order chi connectivity index (χ1) is 13.0. The van der Waals surface area contributed by atoms with Crippen molar-refractivity contribution in [2.24, 2.45) is 10.9 Å². The molecule has 3 rings (SSSR count). The van der Waals surface area contributed by atoms with Gasteiger partial charge in [0.15, 0.2) is 5.96 Å². The van der Waals surface area contributed by atoms with Gasteiger partial charge < -0.3 is 10.2 Å². The molecule has 0 radical (unpaired) electrons. The van der Waals surface area contributed by atoms with E-state index in [1.807, 2.05) is 11.9 Å². The number of rotatable bonds is 8. The van der Waals surface area contributed by atoms with E-state index in [0.717, 1.165) is 30.7 Å². The number of hydrogen-bond acceptors (Lipinski definition) is 5. The maximum atomic E-state index is 12.1. The number of aliphatic imine (C=N–C) groups is 1. The van der Waals surface area contributed by atoms with Gasteiger partial charge in [-0.15, -0.1) is 35.3 Å². The van der Waals surface area contributed by atoms with Gasteiger partial charge in [0.25, 0.3) is 0 Å². The first kappa shape index (κ1) is 23.8. The molecule has 28 heavy (non-hydrogen) atoms. The molecule has 1 saturated carbocycles. The van der Waals surface area contributed by atoms with Crippen molar-refractivity contribution >= 4 is 51.3 Å². The van der Waals surface area contributed by atoms with Gasteiger partial charge in [-0.1, -0.05) is 6.42 Å². The van der Waals surface area contributed by atoms with Crippen LogP contribution in [0.15, 0.2) is 4.99 Å². The van der Waals surface area contributed by atoms with Crippen LogP contribution in [0.1, 0.15) is 47.7 Å². The summed E-state index contributed by atoms with van der Waals surface area (Å²) in [7, 11) is 0.435. The van der Waals surface area contributed by atoms with Gasteiger partial charge in [-0.25, -0.2) is 18.1 Å². The van der Waals surface area contributed by atoms with Gasteiger partial charge in [-0.3, -0.25) is 4.99 Å². The van der Waals surface area contributed by atoms with Gasteiger partial charge in [0.2, 0.25) is 10.0 Å². The minimum atomic E-state index is -3.24. The Hall–Kier alpha value is -0.460. The molecule has 1 fully saturated rings. The molecule has 2 aliphatic carbocycles. The maximum absolute atomic E-state index is 12.1. The number of guanidine groups is 1. The lowest BCUT2D eigenvalue weighted by Gasteiger charge is -2.25. The van der Waals surface area contributed by atoms with Gasteiger partial charge in [0, 0.05) is 32.1 Å². The molecule has 0 spiro atoms. The number of nitrogens with one attached hydrogen (secondary N) is 2. The smallest absolute Gasteiger partial charge is 0.213 e. The molecule has 0 saturated heterocycles. The van der Waals surface area contributed by atoms with Crippen LogP contribution in [0.25, 0.3) is 0 Å². The summed E-state index contributed by atoms with van der Waals surface area (Å²) in [4.78, 5) is 12.5. The SMILES string of the molecule is CN=C(NCCS(=O)(=O)NCC1CCC1)N(C)Cc1nc2c(s1)CCCC2.I. The highest BCUT2D eigenvalue weighted by Gasteiger charge is 2.20. The summed E-state index contributed by atoms with van der Waals surface area (Å²) in [5.74, 6) is 1.27. The molecule has 0 atom stereocenters. The zero-order chi connectivity index (χ0) is 19.3. The third kappa shape index (κ3) is 6.81. The Morgan fingerprint density at radius 1 is 1.29 bits per heavy atom. The molecule has 0 aliphatic heterocycles. The second-order valence-electron chi connectivity index (χ2n) is 7.48. The first-order valence-corrected chi connectivity index (χ1v) is 12.3. The number of fused-ring (bicyclic) bond motifs is 1. The highest BCUT2D eigenvalue weighted by molar-refractivity contribution is 14.0. The van der Waals surface area contributed by atoms with Crippen LogP contribution in [0.5, 0.6) is 0 Å². The van der Waals surface area contributed by atoms with Crippen molar-refractivity contribution in [2.45, 2.75) is 51.5 Å². The van der Waals surface area contributed by atoms with Crippen molar-refractivity contribution in [3.63, 3.8) is 0 Å². The van der Waals surface area contributed by atoms with Gasteiger partial charge in [0.05, 0.1) is 18.0 Å². The summed E-state index contributed by atoms with van der Waals surface area (Å²) >= 11 is 1.80. The molecule has 160 valence electrons. The number of aryl methyl sites for hydroxylation is 2. The first-order valence-electron chi connectivity index (χ1n) is 9.83. The third-order valence-corrected chi connectivity index (χ3v) is 7.80. The minimum absolute atomic E-state index is 0. The van der Waals surface area contributed by atoms with Crippen molar-refractivity contribution in [1.29, 1.82) is 0 Å². The van der Waals surface area contributed by atoms with E-state index < -0.39 is 10.0 Å². The summed E-state index contributed by atoms with van der Waals surface area (Å²) in [5, 5.41) is 4.26. The lowest BCUT2D eigenvalue weighted by molar-refractivity contribution is 0.316. The van der Waals surface area contributed by atoms with E-state index in [1.54, 1.807) is 18.4 Å². The average Bonchev–Trinajstić information content (AvgIpc) is 2.99. The normalized spacial score (nSPS) is 17.4. The molecule has 1 aromatic rings. The zero-order valence-electron chi connectivity index (χ0n) is 16.7. The lowest BCUT2D eigenvalue weighted by atomic mass is 9.86. The minimum Gasteiger partial charge on any atom is -0.355 e. The molecular formula is C18H32IN5O2S2. The molecule has 0 bridgehead atoms. The molecule has 0 unspecified atom stereocenters. The van der Waals surface area contributed by atoms with E-state index in [4.69, 9.17) is 4.98 Å². The standard InChI is InChI=1S/C18H31N5O2S2.HI/c1-19-18(20-10-11-27(24,25)21-12-14-6-5-7-14)23(2)13-17-22-15-8-3-4-9-16(15)26-17;/h14,21H,3-13H2,1-2H3,(H,19,20);1H. The second kappa shape index (κ2) is 11.1. The summed E-state index contributed by atoms with van der Waals surface area (Å²) in [6.07, 6.45) is 8.23. The van der Waals surface area contributed by atoms with Crippen LogP contribution >= 0.6 is 35.3 Å². The highest BCUT2D eigenvalue weighted by atomic mass is 127. The van der Waals surface area contributed by atoms with E-state index in [1.165, 1.54) is 29.8 Å². The number of sulfonamides is 1. The number of hydrogen-bond donors (Lipinski definition) is 2. The fourth-order valence-corrected chi connectivity index (χ4v) is 5.66. The predicted octanol–water partition coefficient (Wildman–Crippen LogP) is 2.37. The Bertz CT molecular complexity index is 739. The van der Waals surface area contributed by atoms with Crippen molar-refractivity contribution < 1.29 is 8.42 Å². The van der Waals surface area contributed by atoms with Gasteiger partial charge in [-0.2, -0.15) is 0 Å². The summed E-state index contributed by atoms with van der Waals surface area (Å²) in [6.45, 7) is 1.60. The van der Waals surface area contributed by atoms with Crippen LogP contribution in [-0.4, -0.2) is 57.2 Å². The molecular weight excluding hydrogens is 509 g/mol. The maximum Gasteiger partial charge on any atom is 0.213 e. The Balaban J connectivity index is 0.00000280.